The van der Waals surface area contributed by atoms with E-state index in [1.54, 1.807) is 47.4 Å². The summed E-state index contributed by atoms with van der Waals surface area (Å²) in [4.78, 5) is 37.1. The number of amides is 3. The molecule has 1 aliphatic heterocycles. The monoisotopic (exact) mass is 445 g/mol. The van der Waals surface area contributed by atoms with Gasteiger partial charge >= 0.3 is 0 Å². The maximum atomic E-state index is 12.2. The molecule has 28 heavy (non-hydrogen) atoms. The molecule has 3 amide bonds. The van der Waals surface area contributed by atoms with Crippen molar-refractivity contribution in [3.63, 3.8) is 0 Å². The fourth-order valence-corrected chi connectivity index (χ4v) is 3.26. The van der Waals surface area contributed by atoms with Crippen LogP contribution in [0.4, 0.5) is 17.1 Å². The zero-order valence-corrected chi connectivity index (χ0v) is 16.9. The Morgan fingerprint density at radius 2 is 1.86 bits per heavy atom. The molecule has 7 nitrogen and oxygen atoms in total. The standard InChI is InChI=1S/C20H20BrN3O4/c1-13(25)22-17-9-4-14(21)11-18(17)23-19(26)12-28-16-7-5-15(6-8-16)24-10-2-3-20(24)27/h4-9,11H,2-3,10,12H2,1H3,(H,22,25)(H,23,26). The molecule has 3 rings (SSSR count). The summed E-state index contributed by atoms with van der Waals surface area (Å²) in [5, 5.41) is 5.40. The van der Waals surface area contributed by atoms with E-state index in [0.717, 1.165) is 23.1 Å². The van der Waals surface area contributed by atoms with E-state index >= 15 is 0 Å². The predicted molar refractivity (Wildman–Crippen MR) is 111 cm³/mol. The van der Waals surface area contributed by atoms with Crippen molar-refractivity contribution in [1.82, 2.24) is 0 Å². The average Bonchev–Trinajstić information content (AvgIpc) is 3.08. The van der Waals surface area contributed by atoms with Crippen molar-refractivity contribution in [2.75, 3.05) is 28.7 Å². The first kappa shape index (κ1) is 19.9. The number of nitrogens with one attached hydrogen (secondary N) is 2. The zero-order valence-electron chi connectivity index (χ0n) is 15.3. The molecule has 0 atom stereocenters. The Morgan fingerprint density at radius 3 is 2.50 bits per heavy atom. The van der Waals surface area contributed by atoms with Crippen molar-refractivity contribution in [3.8, 4) is 5.75 Å². The van der Waals surface area contributed by atoms with Crippen molar-refractivity contribution in [1.29, 1.82) is 0 Å². The van der Waals surface area contributed by atoms with Crippen LogP contribution in [0.3, 0.4) is 0 Å². The zero-order chi connectivity index (χ0) is 20.1. The number of rotatable bonds is 6. The van der Waals surface area contributed by atoms with Gasteiger partial charge in [-0.1, -0.05) is 15.9 Å². The van der Waals surface area contributed by atoms with Gasteiger partial charge in [-0.05, 0) is 48.9 Å². The van der Waals surface area contributed by atoms with Crippen LogP contribution in [0.15, 0.2) is 46.9 Å². The Labute approximate surface area is 171 Å². The molecule has 0 spiro atoms. The van der Waals surface area contributed by atoms with Crippen LogP contribution >= 0.6 is 15.9 Å². The highest BCUT2D eigenvalue weighted by Crippen LogP contribution is 2.26. The van der Waals surface area contributed by atoms with Crippen molar-refractivity contribution >= 4 is 50.7 Å². The fourth-order valence-electron chi connectivity index (χ4n) is 2.90. The van der Waals surface area contributed by atoms with Crippen LogP contribution in [0, 0.1) is 0 Å². The fraction of sp³-hybridized carbons (Fsp3) is 0.250. The lowest BCUT2D eigenvalue weighted by molar-refractivity contribution is -0.118. The number of carbonyl (C=O) groups excluding carboxylic acids is 3. The van der Waals surface area contributed by atoms with Gasteiger partial charge in [0, 0.05) is 30.0 Å². The molecule has 1 fully saturated rings. The van der Waals surface area contributed by atoms with Gasteiger partial charge in [0.05, 0.1) is 11.4 Å². The Kier molecular flexibility index (Phi) is 6.30. The van der Waals surface area contributed by atoms with E-state index in [0.29, 0.717) is 23.5 Å². The highest BCUT2D eigenvalue weighted by atomic mass is 79.9. The normalized spacial score (nSPS) is 13.4. The Hall–Kier alpha value is -2.87. The van der Waals surface area contributed by atoms with Gasteiger partial charge in [-0.15, -0.1) is 0 Å². The summed E-state index contributed by atoms with van der Waals surface area (Å²) >= 11 is 3.34. The van der Waals surface area contributed by atoms with E-state index in [-0.39, 0.29) is 24.3 Å². The minimum atomic E-state index is -0.358. The molecule has 0 unspecified atom stereocenters. The molecule has 1 aliphatic rings. The molecule has 1 saturated heterocycles. The lowest BCUT2D eigenvalue weighted by Gasteiger charge is -2.16. The van der Waals surface area contributed by atoms with E-state index in [1.165, 1.54) is 6.92 Å². The molecule has 0 radical (unpaired) electrons. The van der Waals surface area contributed by atoms with Crippen LogP contribution in [0.5, 0.6) is 5.75 Å². The second-order valence-electron chi connectivity index (χ2n) is 6.35. The molecule has 0 aromatic heterocycles. The summed E-state index contributed by atoms with van der Waals surface area (Å²) in [6.07, 6.45) is 1.45. The second-order valence-corrected chi connectivity index (χ2v) is 7.27. The van der Waals surface area contributed by atoms with Crippen LogP contribution in [0.1, 0.15) is 19.8 Å². The summed E-state index contributed by atoms with van der Waals surface area (Å²) in [6.45, 7) is 1.94. The third kappa shape index (κ3) is 5.10. The van der Waals surface area contributed by atoms with E-state index in [2.05, 4.69) is 26.6 Å². The molecule has 2 aromatic rings. The molecule has 146 valence electrons. The highest BCUT2D eigenvalue weighted by molar-refractivity contribution is 9.10. The summed E-state index contributed by atoms with van der Waals surface area (Å²) in [5.41, 5.74) is 1.80. The molecule has 2 N–H and O–H groups in total. The lowest BCUT2D eigenvalue weighted by atomic mass is 10.2. The maximum Gasteiger partial charge on any atom is 0.262 e. The van der Waals surface area contributed by atoms with Crippen molar-refractivity contribution < 1.29 is 19.1 Å². The smallest absolute Gasteiger partial charge is 0.262 e. The van der Waals surface area contributed by atoms with Gasteiger partial charge in [-0.25, -0.2) is 0 Å². The van der Waals surface area contributed by atoms with E-state index < -0.39 is 0 Å². The number of ether oxygens (including phenoxy) is 1. The number of hydrogen-bond donors (Lipinski definition) is 2. The topological polar surface area (TPSA) is 87.7 Å². The number of halogens is 1. The SMILES string of the molecule is CC(=O)Nc1ccc(Br)cc1NC(=O)COc1ccc(N2CCCC2=O)cc1. The summed E-state index contributed by atoms with van der Waals surface area (Å²) in [6, 6.07) is 12.2. The van der Waals surface area contributed by atoms with Gasteiger partial charge in [-0.2, -0.15) is 0 Å². The number of anilines is 3. The maximum absolute atomic E-state index is 12.2. The minimum Gasteiger partial charge on any atom is -0.484 e. The van der Waals surface area contributed by atoms with Gasteiger partial charge in [0.25, 0.3) is 5.91 Å². The van der Waals surface area contributed by atoms with E-state index in [4.69, 9.17) is 4.74 Å². The summed E-state index contributed by atoms with van der Waals surface area (Å²) in [5.74, 6) is 0.0630. The molecule has 2 aromatic carbocycles. The first-order chi connectivity index (χ1) is 13.4. The summed E-state index contributed by atoms with van der Waals surface area (Å²) < 4.78 is 6.29. The van der Waals surface area contributed by atoms with Crippen LogP contribution in [0.25, 0.3) is 0 Å². The molecule has 0 bridgehead atoms. The molecular weight excluding hydrogens is 426 g/mol. The first-order valence-electron chi connectivity index (χ1n) is 8.82. The number of hydrogen-bond acceptors (Lipinski definition) is 4. The van der Waals surface area contributed by atoms with Crippen LogP contribution in [-0.2, 0) is 14.4 Å². The Morgan fingerprint density at radius 1 is 1.11 bits per heavy atom. The second kappa shape index (κ2) is 8.88. The van der Waals surface area contributed by atoms with Crippen molar-refractivity contribution in [2.45, 2.75) is 19.8 Å². The van der Waals surface area contributed by atoms with Gasteiger partial charge in [0.15, 0.2) is 6.61 Å². The number of carbonyl (C=O) groups is 3. The van der Waals surface area contributed by atoms with Gasteiger partial charge in [-0.3, -0.25) is 14.4 Å². The van der Waals surface area contributed by atoms with Crippen LogP contribution in [-0.4, -0.2) is 30.9 Å². The summed E-state index contributed by atoms with van der Waals surface area (Å²) in [7, 11) is 0. The van der Waals surface area contributed by atoms with Gasteiger partial charge in [0.1, 0.15) is 5.75 Å². The predicted octanol–water partition coefficient (Wildman–Crippen LogP) is 3.55. The molecule has 1 heterocycles. The first-order valence-corrected chi connectivity index (χ1v) is 9.62. The third-order valence-electron chi connectivity index (χ3n) is 4.16. The van der Waals surface area contributed by atoms with Gasteiger partial charge < -0.3 is 20.3 Å². The van der Waals surface area contributed by atoms with E-state index in [1.807, 2.05) is 0 Å². The molecular formula is C20H20BrN3O4. The highest BCUT2D eigenvalue weighted by Gasteiger charge is 2.21. The third-order valence-corrected chi connectivity index (χ3v) is 4.65. The Bertz CT molecular complexity index is 899. The van der Waals surface area contributed by atoms with Crippen LogP contribution in [0.2, 0.25) is 0 Å². The molecule has 8 heteroatoms. The molecule has 0 saturated carbocycles. The van der Waals surface area contributed by atoms with Crippen molar-refractivity contribution in [3.05, 3.63) is 46.9 Å². The molecule has 0 aliphatic carbocycles. The van der Waals surface area contributed by atoms with E-state index in [9.17, 15) is 14.4 Å². The van der Waals surface area contributed by atoms with Gasteiger partial charge in [0.2, 0.25) is 11.8 Å². The average molecular weight is 446 g/mol. The lowest BCUT2D eigenvalue weighted by Crippen LogP contribution is -2.23. The van der Waals surface area contributed by atoms with Crippen molar-refractivity contribution in [2.24, 2.45) is 0 Å². The number of nitrogens with zero attached hydrogens (tertiary/aromatic N) is 1. The number of benzene rings is 2. The quantitative estimate of drug-likeness (QED) is 0.711. The van der Waals surface area contributed by atoms with Crippen LogP contribution < -0.4 is 20.3 Å². The Balaban J connectivity index is 1.58. The minimum absolute atomic E-state index is 0.122. The largest absolute Gasteiger partial charge is 0.484 e.